The Balaban J connectivity index is 1.81. The van der Waals surface area contributed by atoms with Gasteiger partial charge in [0.25, 0.3) is 0 Å². The molecule has 1 fully saturated rings. The van der Waals surface area contributed by atoms with Crippen LogP contribution < -0.4 is 16.0 Å². The van der Waals surface area contributed by atoms with Crippen LogP contribution in [0.15, 0.2) is 6.07 Å². The number of nitrogens with two attached hydrogens (primary N) is 1. The first-order chi connectivity index (χ1) is 11.0. The SMILES string of the molecule is COC(=O)CCNC(=O)C1CCN(c2cc(C)nc(N)n2)CC1. The van der Waals surface area contributed by atoms with Crippen molar-refractivity contribution in [2.75, 3.05) is 37.4 Å². The van der Waals surface area contributed by atoms with E-state index in [1.165, 1.54) is 7.11 Å². The van der Waals surface area contributed by atoms with Gasteiger partial charge in [0.05, 0.1) is 13.5 Å². The number of anilines is 2. The van der Waals surface area contributed by atoms with Gasteiger partial charge in [-0.2, -0.15) is 4.98 Å². The van der Waals surface area contributed by atoms with Crippen LogP contribution in [0.4, 0.5) is 11.8 Å². The van der Waals surface area contributed by atoms with E-state index in [1.807, 2.05) is 13.0 Å². The minimum Gasteiger partial charge on any atom is -0.469 e. The maximum atomic E-state index is 12.1. The number of hydrogen-bond donors (Lipinski definition) is 2. The minimum atomic E-state index is -0.322. The molecule has 1 aliphatic rings. The predicted molar refractivity (Wildman–Crippen MR) is 85.8 cm³/mol. The number of aryl methyl sites for hydroxylation is 1. The topological polar surface area (TPSA) is 110 Å². The predicted octanol–water partition coefficient (Wildman–Crippen LogP) is 0.263. The highest BCUT2D eigenvalue weighted by atomic mass is 16.5. The number of esters is 1. The second-order valence-corrected chi connectivity index (χ2v) is 5.60. The number of nitrogen functional groups attached to an aromatic ring is 1. The van der Waals surface area contributed by atoms with E-state index in [0.717, 1.165) is 37.4 Å². The number of nitrogens with zero attached hydrogens (tertiary/aromatic N) is 3. The summed E-state index contributed by atoms with van der Waals surface area (Å²) in [5.41, 5.74) is 6.51. The summed E-state index contributed by atoms with van der Waals surface area (Å²) in [6.45, 7) is 3.67. The molecule has 0 radical (unpaired) electrons. The van der Waals surface area contributed by atoms with Crippen molar-refractivity contribution in [2.45, 2.75) is 26.2 Å². The Bertz CT molecular complexity index is 550. The number of hydrogen-bond acceptors (Lipinski definition) is 7. The van der Waals surface area contributed by atoms with Crippen LogP contribution >= 0.6 is 0 Å². The summed E-state index contributed by atoms with van der Waals surface area (Å²) in [5.74, 6) is 0.704. The van der Waals surface area contributed by atoms with Gasteiger partial charge in [-0.1, -0.05) is 0 Å². The molecule has 0 aliphatic carbocycles. The third-order valence-corrected chi connectivity index (χ3v) is 3.90. The fourth-order valence-electron chi connectivity index (χ4n) is 2.64. The molecule has 1 saturated heterocycles. The van der Waals surface area contributed by atoms with Crippen molar-refractivity contribution in [3.8, 4) is 0 Å². The average molecular weight is 321 g/mol. The van der Waals surface area contributed by atoms with Crippen LogP contribution in [0.25, 0.3) is 0 Å². The molecule has 2 heterocycles. The monoisotopic (exact) mass is 321 g/mol. The van der Waals surface area contributed by atoms with Crippen LogP contribution in [0, 0.1) is 12.8 Å². The van der Waals surface area contributed by atoms with Crippen LogP contribution in [-0.4, -0.2) is 48.6 Å². The molecule has 1 amide bonds. The lowest BCUT2D eigenvalue weighted by Gasteiger charge is -2.32. The van der Waals surface area contributed by atoms with Crippen molar-refractivity contribution in [3.63, 3.8) is 0 Å². The maximum Gasteiger partial charge on any atom is 0.307 e. The molecular weight excluding hydrogens is 298 g/mol. The van der Waals surface area contributed by atoms with Gasteiger partial charge >= 0.3 is 5.97 Å². The number of nitrogens with one attached hydrogen (secondary N) is 1. The Labute approximate surface area is 135 Å². The average Bonchev–Trinajstić information content (AvgIpc) is 2.53. The minimum absolute atomic E-state index is 0.00747. The van der Waals surface area contributed by atoms with Crippen LogP contribution in [0.3, 0.4) is 0 Å². The number of rotatable bonds is 5. The van der Waals surface area contributed by atoms with Crippen molar-refractivity contribution in [1.29, 1.82) is 0 Å². The molecule has 0 spiro atoms. The van der Waals surface area contributed by atoms with E-state index >= 15 is 0 Å². The number of amides is 1. The van der Waals surface area contributed by atoms with Gasteiger partial charge in [0.15, 0.2) is 0 Å². The molecular formula is C15H23N5O3. The number of carbonyl (C=O) groups excluding carboxylic acids is 2. The van der Waals surface area contributed by atoms with Gasteiger partial charge in [-0.25, -0.2) is 4.98 Å². The van der Waals surface area contributed by atoms with Gasteiger partial charge in [-0.3, -0.25) is 9.59 Å². The van der Waals surface area contributed by atoms with Crippen molar-refractivity contribution >= 4 is 23.6 Å². The molecule has 8 nitrogen and oxygen atoms in total. The molecule has 0 atom stereocenters. The van der Waals surface area contributed by atoms with Gasteiger partial charge in [0.1, 0.15) is 5.82 Å². The zero-order valence-electron chi connectivity index (χ0n) is 13.5. The van der Waals surface area contributed by atoms with Crippen molar-refractivity contribution < 1.29 is 14.3 Å². The van der Waals surface area contributed by atoms with Gasteiger partial charge in [0.2, 0.25) is 11.9 Å². The molecule has 1 aromatic rings. The van der Waals surface area contributed by atoms with Crippen LogP contribution in [-0.2, 0) is 14.3 Å². The Morgan fingerprint density at radius 1 is 1.39 bits per heavy atom. The van der Waals surface area contributed by atoms with E-state index in [0.29, 0.717) is 6.54 Å². The highest BCUT2D eigenvalue weighted by Crippen LogP contribution is 2.22. The third kappa shape index (κ3) is 4.80. The zero-order valence-corrected chi connectivity index (χ0v) is 13.5. The maximum absolute atomic E-state index is 12.1. The summed E-state index contributed by atoms with van der Waals surface area (Å²) in [5, 5.41) is 2.79. The molecule has 126 valence electrons. The van der Waals surface area contributed by atoms with Crippen molar-refractivity contribution in [3.05, 3.63) is 11.8 Å². The zero-order chi connectivity index (χ0) is 16.8. The van der Waals surface area contributed by atoms with E-state index in [1.54, 1.807) is 0 Å². The van der Waals surface area contributed by atoms with Gasteiger partial charge in [-0.05, 0) is 19.8 Å². The Morgan fingerprint density at radius 3 is 2.70 bits per heavy atom. The van der Waals surface area contributed by atoms with E-state index in [-0.39, 0.29) is 30.2 Å². The Hall–Kier alpha value is -2.38. The molecule has 1 aromatic heterocycles. The van der Waals surface area contributed by atoms with Crippen LogP contribution in [0.5, 0.6) is 0 Å². The molecule has 3 N–H and O–H groups in total. The molecule has 1 aliphatic heterocycles. The molecule has 0 aromatic carbocycles. The Morgan fingerprint density at radius 2 is 2.09 bits per heavy atom. The normalized spacial score (nSPS) is 15.3. The number of ether oxygens (including phenoxy) is 1. The van der Waals surface area contributed by atoms with E-state index < -0.39 is 0 Å². The largest absolute Gasteiger partial charge is 0.469 e. The summed E-state index contributed by atoms with van der Waals surface area (Å²) in [6.07, 6.45) is 1.68. The third-order valence-electron chi connectivity index (χ3n) is 3.90. The lowest BCUT2D eigenvalue weighted by molar-refractivity contribution is -0.140. The number of piperidine rings is 1. The summed E-state index contributed by atoms with van der Waals surface area (Å²) >= 11 is 0. The standard InChI is InChI=1S/C15H23N5O3/c1-10-9-12(19-15(16)18-10)20-7-4-11(5-8-20)14(22)17-6-3-13(21)23-2/h9,11H,3-8H2,1-2H3,(H,17,22)(H2,16,18,19). The first kappa shape index (κ1) is 17.0. The first-order valence-electron chi connectivity index (χ1n) is 7.70. The molecule has 8 heteroatoms. The smallest absolute Gasteiger partial charge is 0.307 e. The summed E-state index contributed by atoms with van der Waals surface area (Å²) in [4.78, 5) is 33.5. The first-order valence-corrected chi connectivity index (χ1v) is 7.70. The second-order valence-electron chi connectivity index (χ2n) is 5.60. The summed E-state index contributed by atoms with van der Waals surface area (Å²) in [6, 6.07) is 1.90. The lowest BCUT2D eigenvalue weighted by Crippen LogP contribution is -2.41. The lowest BCUT2D eigenvalue weighted by atomic mass is 9.96. The highest BCUT2D eigenvalue weighted by Gasteiger charge is 2.25. The summed E-state index contributed by atoms with van der Waals surface area (Å²) < 4.78 is 4.54. The summed E-state index contributed by atoms with van der Waals surface area (Å²) in [7, 11) is 1.33. The van der Waals surface area contributed by atoms with Crippen molar-refractivity contribution in [1.82, 2.24) is 15.3 Å². The molecule has 0 bridgehead atoms. The number of carbonyl (C=O) groups is 2. The van der Waals surface area contributed by atoms with E-state index in [9.17, 15) is 9.59 Å². The quantitative estimate of drug-likeness (QED) is 0.749. The highest BCUT2D eigenvalue weighted by molar-refractivity contribution is 5.79. The van der Waals surface area contributed by atoms with Gasteiger partial charge in [-0.15, -0.1) is 0 Å². The van der Waals surface area contributed by atoms with Crippen LogP contribution in [0.2, 0.25) is 0 Å². The van der Waals surface area contributed by atoms with Crippen LogP contribution in [0.1, 0.15) is 25.0 Å². The van der Waals surface area contributed by atoms with Crippen molar-refractivity contribution in [2.24, 2.45) is 5.92 Å². The van der Waals surface area contributed by atoms with Gasteiger partial charge in [0, 0.05) is 37.3 Å². The molecule has 23 heavy (non-hydrogen) atoms. The molecule has 2 rings (SSSR count). The molecule has 0 unspecified atom stereocenters. The number of methoxy groups -OCH3 is 1. The van der Waals surface area contributed by atoms with Gasteiger partial charge < -0.3 is 20.7 Å². The van der Waals surface area contributed by atoms with E-state index in [2.05, 4.69) is 24.9 Å². The fourth-order valence-corrected chi connectivity index (χ4v) is 2.64. The van der Waals surface area contributed by atoms with E-state index in [4.69, 9.17) is 5.73 Å². The Kier molecular flexibility index (Phi) is 5.72. The number of aromatic nitrogens is 2. The second kappa shape index (κ2) is 7.75. The fraction of sp³-hybridized carbons (Fsp3) is 0.600. The molecule has 0 saturated carbocycles.